The first-order chi connectivity index (χ1) is 9.54. The van der Waals surface area contributed by atoms with Crippen LogP contribution in [0.5, 0.6) is 11.5 Å². The maximum atomic E-state index is 12.1. The maximum absolute atomic E-state index is 12.1. The number of benzene rings is 2. The molecule has 0 saturated carbocycles. The number of nitrogens with one attached hydrogen (secondary N) is 1. The molecule has 0 spiro atoms. The predicted octanol–water partition coefficient (Wildman–Crippen LogP) is 4.37. The molecule has 106 valence electrons. The summed E-state index contributed by atoms with van der Waals surface area (Å²) >= 11 is 3.23. The Hall–Kier alpha value is -1.82. The number of rotatable bonds is 5. The monoisotopic (exact) mass is 343 g/mol. The molecule has 2 aromatic rings. The number of aromatic hydroxyl groups is 1. The minimum atomic E-state index is -2.83. The van der Waals surface area contributed by atoms with Crippen LogP contribution in [0, 0.1) is 0 Å². The number of halogens is 3. The van der Waals surface area contributed by atoms with Gasteiger partial charge in [-0.3, -0.25) is 0 Å². The average Bonchev–Trinajstić information content (AvgIpc) is 2.40. The van der Waals surface area contributed by atoms with E-state index >= 15 is 0 Å². The Balaban J connectivity index is 2.01. The lowest BCUT2D eigenvalue weighted by Gasteiger charge is -2.10. The third-order valence-corrected chi connectivity index (χ3v) is 3.20. The van der Waals surface area contributed by atoms with Crippen molar-refractivity contribution in [3.63, 3.8) is 0 Å². The van der Waals surface area contributed by atoms with E-state index in [9.17, 15) is 13.9 Å². The number of hydrogen-bond donors (Lipinski definition) is 2. The molecule has 0 bridgehead atoms. The van der Waals surface area contributed by atoms with Gasteiger partial charge in [0.2, 0.25) is 0 Å². The van der Waals surface area contributed by atoms with Gasteiger partial charge in [-0.25, -0.2) is 0 Å². The van der Waals surface area contributed by atoms with Crippen LogP contribution < -0.4 is 10.1 Å². The summed E-state index contributed by atoms with van der Waals surface area (Å²) in [5.41, 5.74) is 1.61. The number of ether oxygens (including phenoxy) is 1. The van der Waals surface area contributed by atoms with Crippen molar-refractivity contribution in [2.75, 3.05) is 5.32 Å². The van der Waals surface area contributed by atoms with E-state index in [0.29, 0.717) is 16.7 Å². The lowest BCUT2D eigenvalue weighted by Crippen LogP contribution is -2.03. The molecule has 0 heterocycles. The molecular weight excluding hydrogens is 332 g/mol. The first kappa shape index (κ1) is 14.6. The van der Waals surface area contributed by atoms with Crippen molar-refractivity contribution in [2.24, 2.45) is 0 Å². The van der Waals surface area contributed by atoms with Crippen molar-refractivity contribution in [3.05, 3.63) is 52.5 Å². The Bertz CT molecular complexity index is 593. The van der Waals surface area contributed by atoms with Gasteiger partial charge in [-0.1, -0.05) is 12.1 Å². The zero-order chi connectivity index (χ0) is 14.5. The van der Waals surface area contributed by atoms with Gasteiger partial charge in [-0.2, -0.15) is 8.78 Å². The van der Waals surface area contributed by atoms with Crippen molar-refractivity contribution in [3.8, 4) is 11.5 Å². The molecule has 0 aliphatic rings. The summed E-state index contributed by atoms with van der Waals surface area (Å²) in [6, 6.07) is 11.5. The molecule has 0 unspecified atom stereocenters. The minimum Gasteiger partial charge on any atom is -0.507 e. The molecule has 0 aromatic heterocycles. The van der Waals surface area contributed by atoms with E-state index < -0.39 is 6.61 Å². The molecule has 6 heteroatoms. The number of alkyl halides is 2. The van der Waals surface area contributed by atoms with Gasteiger partial charge in [0.15, 0.2) is 0 Å². The molecule has 0 amide bonds. The van der Waals surface area contributed by atoms with Gasteiger partial charge in [-0.15, -0.1) is 0 Å². The maximum Gasteiger partial charge on any atom is 0.387 e. The highest BCUT2D eigenvalue weighted by molar-refractivity contribution is 9.10. The summed E-state index contributed by atoms with van der Waals surface area (Å²) < 4.78 is 29.2. The van der Waals surface area contributed by atoms with Crippen LogP contribution in [-0.2, 0) is 6.54 Å². The van der Waals surface area contributed by atoms with Crippen molar-refractivity contribution >= 4 is 21.6 Å². The topological polar surface area (TPSA) is 41.5 Å². The van der Waals surface area contributed by atoms with Crippen molar-refractivity contribution < 1.29 is 18.6 Å². The zero-order valence-corrected chi connectivity index (χ0v) is 11.9. The molecule has 0 fully saturated rings. The van der Waals surface area contributed by atoms with Gasteiger partial charge < -0.3 is 15.2 Å². The highest BCUT2D eigenvalue weighted by Crippen LogP contribution is 2.25. The largest absolute Gasteiger partial charge is 0.507 e. The minimum absolute atomic E-state index is 0.108. The summed E-state index contributed by atoms with van der Waals surface area (Å²) in [4.78, 5) is 0. The Morgan fingerprint density at radius 1 is 1.20 bits per heavy atom. The summed E-state index contributed by atoms with van der Waals surface area (Å²) in [5, 5.41) is 12.5. The standard InChI is InChI=1S/C14H12BrF2NO2/c15-12-6-9(4-5-13(12)19)8-18-10-2-1-3-11(7-10)20-14(16)17/h1-7,14,18-19H,8H2. The Morgan fingerprint density at radius 2 is 2.00 bits per heavy atom. The number of phenolic OH excluding ortho intramolecular Hbond substituents is 1. The molecule has 0 atom stereocenters. The van der Waals surface area contributed by atoms with Gasteiger partial charge in [0.1, 0.15) is 11.5 Å². The molecule has 0 aliphatic heterocycles. The van der Waals surface area contributed by atoms with Crippen LogP contribution in [0.15, 0.2) is 46.9 Å². The average molecular weight is 344 g/mol. The van der Waals surface area contributed by atoms with Crippen LogP contribution in [0.3, 0.4) is 0 Å². The lowest BCUT2D eigenvalue weighted by molar-refractivity contribution is -0.0498. The van der Waals surface area contributed by atoms with Crippen LogP contribution in [0.1, 0.15) is 5.56 Å². The van der Waals surface area contributed by atoms with E-state index in [0.717, 1.165) is 5.56 Å². The smallest absolute Gasteiger partial charge is 0.387 e. The van der Waals surface area contributed by atoms with Crippen LogP contribution in [-0.4, -0.2) is 11.7 Å². The van der Waals surface area contributed by atoms with Crippen LogP contribution in [0.4, 0.5) is 14.5 Å². The summed E-state index contributed by atoms with van der Waals surface area (Å²) in [5.74, 6) is 0.276. The van der Waals surface area contributed by atoms with E-state index in [1.165, 1.54) is 12.1 Å². The highest BCUT2D eigenvalue weighted by atomic mass is 79.9. The van der Waals surface area contributed by atoms with Crippen molar-refractivity contribution in [2.45, 2.75) is 13.2 Å². The second-order valence-electron chi connectivity index (χ2n) is 4.05. The SMILES string of the molecule is Oc1ccc(CNc2cccc(OC(F)F)c2)cc1Br. The molecule has 2 N–H and O–H groups in total. The van der Waals surface area contributed by atoms with Crippen LogP contribution in [0.2, 0.25) is 0 Å². The Labute approximate surface area is 123 Å². The van der Waals surface area contributed by atoms with Crippen LogP contribution in [0.25, 0.3) is 0 Å². The first-order valence-corrected chi connectivity index (χ1v) is 6.60. The number of hydrogen-bond acceptors (Lipinski definition) is 3. The Kier molecular flexibility index (Phi) is 4.79. The molecule has 2 aromatic carbocycles. The number of anilines is 1. The van der Waals surface area contributed by atoms with Gasteiger partial charge >= 0.3 is 6.61 Å². The fourth-order valence-electron chi connectivity index (χ4n) is 1.65. The molecular formula is C14H12BrF2NO2. The van der Waals surface area contributed by atoms with Gasteiger partial charge in [-0.05, 0) is 45.8 Å². The number of phenols is 1. The van der Waals surface area contributed by atoms with Crippen LogP contribution >= 0.6 is 15.9 Å². The van der Waals surface area contributed by atoms with E-state index in [4.69, 9.17) is 0 Å². The molecule has 0 saturated heterocycles. The summed E-state index contributed by atoms with van der Waals surface area (Å²) in [6.45, 7) is -2.34. The summed E-state index contributed by atoms with van der Waals surface area (Å²) in [6.07, 6.45) is 0. The molecule has 3 nitrogen and oxygen atoms in total. The fourth-order valence-corrected chi connectivity index (χ4v) is 2.07. The van der Waals surface area contributed by atoms with Gasteiger partial charge in [0.25, 0.3) is 0 Å². The normalized spacial score (nSPS) is 10.6. The first-order valence-electron chi connectivity index (χ1n) is 5.81. The van der Waals surface area contributed by atoms with E-state index in [1.54, 1.807) is 30.3 Å². The van der Waals surface area contributed by atoms with E-state index in [1.807, 2.05) is 0 Å². The van der Waals surface area contributed by atoms with Crippen molar-refractivity contribution in [1.82, 2.24) is 0 Å². The molecule has 0 radical (unpaired) electrons. The van der Waals surface area contributed by atoms with Gasteiger partial charge in [0.05, 0.1) is 4.47 Å². The quantitative estimate of drug-likeness (QED) is 0.846. The predicted molar refractivity (Wildman–Crippen MR) is 76.2 cm³/mol. The third kappa shape index (κ3) is 4.09. The third-order valence-electron chi connectivity index (χ3n) is 2.57. The fraction of sp³-hybridized carbons (Fsp3) is 0.143. The van der Waals surface area contributed by atoms with Gasteiger partial charge in [0, 0.05) is 18.3 Å². The second kappa shape index (κ2) is 6.56. The zero-order valence-electron chi connectivity index (χ0n) is 10.3. The van der Waals surface area contributed by atoms with E-state index in [-0.39, 0.29) is 11.5 Å². The molecule has 0 aliphatic carbocycles. The Morgan fingerprint density at radius 3 is 2.70 bits per heavy atom. The molecule has 2 rings (SSSR count). The summed E-state index contributed by atoms with van der Waals surface area (Å²) in [7, 11) is 0. The van der Waals surface area contributed by atoms with E-state index in [2.05, 4.69) is 26.0 Å². The highest BCUT2D eigenvalue weighted by Gasteiger charge is 2.05. The lowest BCUT2D eigenvalue weighted by atomic mass is 10.2. The second-order valence-corrected chi connectivity index (χ2v) is 4.90. The molecule has 20 heavy (non-hydrogen) atoms. The van der Waals surface area contributed by atoms with Crippen molar-refractivity contribution in [1.29, 1.82) is 0 Å².